The molecular weight excluding hydrogens is 354 g/mol. The number of aryl methyl sites for hydroxylation is 2. The van der Waals surface area contributed by atoms with Crippen molar-refractivity contribution >= 4 is 29.0 Å². The van der Waals surface area contributed by atoms with Crippen LogP contribution in [0.1, 0.15) is 44.5 Å². The number of carboxylic acids is 1. The Morgan fingerprint density at radius 1 is 1.27 bits per heavy atom. The number of amides is 1. The standard InChI is InChI=1S/C19H18ClN3O3/c1-3-15-17(16-9-13(20)6-7-23(16)22-15)18(24)21-10-12-4-5-14(19(25)26)11(2)8-12/h4-9H,3,10H2,1-2H3,(H,21,24)(H,25,26). The van der Waals surface area contributed by atoms with Crippen molar-refractivity contribution < 1.29 is 14.7 Å². The molecule has 0 spiro atoms. The third-order valence-electron chi connectivity index (χ3n) is 4.21. The number of nitrogens with zero attached hydrogens (tertiary/aromatic N) is 2. The van der Waals surface area contributed by atoms with E-state index in [0.29, 0.717) is 40.3 Å². The van der Waals surface area contributed by atoms with Gasteiger partial charge in [-0.05, 0) is 42.7 Å². The number of pyridine rings is 1. The zero-order chi connectivity index (χ0) is 18.8. The van der Waals surface area contributed by atoms with Gasteiger partial charge in [0.1, 0.15) is 0 Å². The van der Waals surface area contributed by atoms with E-state index >= 15 is 0 Å². The summed E-state index contributed by atoms with van der Waals surface area (Å²) in [5.41, 5.74) is 3.60. The summed E-state index contributed by atoms with van der Waals surface area (Å²) in [6.45, 7) is 3.96. The number of rotatable bonds is 5. The molecule has 0 fully saturated rings. The first kappa shape index (κ1) is 17.9. The lowest BCUT2D eigenvalue weighted by atomic mass is 10.0. The average molecular weight is 372 g/mol. The van der Waals surface area contributed by atoms with Gasteiger partial charge in [0.25, 0.3) is 5.91 Å². The Labute approximate surface area is 155 Å². The van der Waals surface area contributed by atoms with Crippen molar-refractivity contribution in [3.05, 3.63) is 69.5 Å². The maximum atomic E-state index is 12.7. The monoisotopic (exact) mass is 371 g/mol. The lowest BCUT2D eigenvalue weighted by Crippen LogP contribution is -2.23. The Kier molecular flexibility index (Phi) is 4.95. The van der Waals surface area contributed by atoms with Crippen LogP contribution in [0.25, 0.3) is 5.52 Å². The molecule has 0 aliphatic rings. The maximum Gasteiger partial charge on any atom is 0.335 e. The summed E-state index contributed by atoms with van der Waals surface area (Å²) < 4.78 is 1.64. The Hall–Kier alpha value is -2.86. The van der Waals surface area contributed by atoms with Gasteiger partial charge >= 0.3 is 5.97 Å². The normalized spacial score (nSPS) is 10.9. The Morgan fingerprint density at radius 2 is 2.04 bits per heavy atom. The van der Waals surface area contributed by atoms with Crippen LogP contribution in [0, 0.1) is 6.92 Å². The molecule has 3 aromatic rings. The Bertz CT molecular complexity index is 1010. The molecule has 0 aliphatic carbocycles. The minimum absolute atomic E-state index is 0.237. The molecule has 0 radical (unpaired) electrons. The van der Waals surface area contributed by atoms with E-state index < -0.39 is 5.97 Å². The second kappa shape index (κ2) is 7.17. The molecule has 0 bridgehead atoms. The number of hydrogen-bond donors (Lipinski definition) is 2. The van der Waals surface area contributed by atoms with Gasteiger partial charge < -0.3 is 10.4 Å². The van der Waals surface area contributed by atoms with Gasteiger partial charge in [0.15, 0.2) is 0 Å². The van der Waals surface area contributed by atoms with E-state index in [9.17, 15) is 9.59 Å². The largest absolute Gasteiger partial charge is 0.478 e. The summed E-state index contributed by atoms with van der Waals surface area (Å²) in [5, 5.41) is 16.9. The van der Waals surface area contributed by atoms with E-state index in [-0.39, 0.29) is 11.5 Å². The molecule has 0 saturated heterocycles. The second-order valence-corrected chi connectivity index (χ2v) is 6.42. The van der Waals surface area contributed by atoms with Gasteiger partial charge in [-0.25, -0.2) is 9.31 Å². The zero-order valence-electron chi connectivity index (χ0n) is 14.4. The number of carbonyl (C=O) groups excluding carboxylic acids is 1. The first-order valence-corrected chi connectivity index (χ1v) is 8.56. The number of aromatic nitrogens is 2. The summed E-state index contributed by atoms with van der Waals surface area (Å²) in [4.78, 5) is 23.8. The highest BCUT2D eigenvalue weighted by molar-refractivity contribution is 6.31. The molecule has 0 saturated carbocycles. The highest BCUT2D eigenvalue weighted by atomic mass is 35.5. The molecule has 0 aliphatic heterocycles. The van der Waals surface area contributed by atoms with E-state index in [0.717, 1.165) is 5.56 Å². The van der Waals surface area contributed by atoms with Crippen molar-refractivity contribution in [1.29, 1.82) is 0 Å². The number of carbonyl (C=O) groups is 2. The quantitative estimate of drug-likeness (QED) is 0.719. The molecule has 26 heavy (non-hydrogen) atoms. The molecule has 6 nitrogen and oxygen atoms in total. The van der Waals surface area contributed by atoms with Gasteiger partial charge in [-0.1, -0.05) is 30.7 Å². The number of fused-ring (bicyclic) bond motifs is 1. The molecule has 1 amide bonds. The van der Waals surface area contributed by atoms with Crippen LogP contribution in [0.2, 0.25) is 5.02 Å². The molecular formula is C19H18ClN3O3. The predicted octanol–water partition coefficient (Wildman–Crippen LogP) is 3.49. The topological polar surface area (TPSA) is 83.7 Å². The van der Waals surface area contributed by atoms with Crippen molar-refractivity contribution in [3.63, 3.8) is 0 Å². The Morgan fingerprint density at radius 3 is 2.69 bits per heavy atom. The summed E-state index contributed by atoms with van der Waals surface area (Å²) in [5.74, 6) is -1.20. The van der Waals surface area contributed by atoms with Gasteiger partial charge in [0.05, 0.1) is 22.3 Å². The summed E-state index contributed by atoms with van der Waals surface area (Å²) in [6, 6.07) is 8.44. The number of benzene rings is 1. The van der Waals surface area contributed by atoms with Gasteiger partial charge in [-0.2, -0.15) is 5.10 Å². The number of nitrogens with one attached hydrogen (secondary N) is 1. The molecule has 0 unspecified atom stereocenters. The Balaban J connectivity index is 1.85. The van der Waals surface area contributed by atoms with Crippen LogP contribution in [0.4, 0.5) is 0 Å². The van der Waals surface area contributed by atoms with Gasteiger partial charge in [0, 0.05) is 17.8 Å². The van der Waals surface area contributed by atoms with Crippen LogP contribution < -0.4 is 5.32 Å². The molecule has 2 aromatic heterocycles. The number of halogens is 1. The number of hydrogen-bond acceptors (Lipinski definition) is 3. The van der Waals surface area contributed by atoms with E-state index in [1.54, 1.807) is 48.0 Å². The van der Waals surface area contributed by atoms with Gasteiger partial charge in [0.2, 0.25) is 0 Å². The first-order valence-electron chi connectivity index (χ1n) is 8.18. The number of aromatic carboxylic acids is 1. The van der Waals surface area contributed by atoms with Crippen LogP contribution in [-0.4, -0.2) is 26.6 Å². The van der Waals surface area contributed by atoms with Crippen LogP contribution in [0.3, 0.4) is 0 Å². The van der Waals surface area contributed by atoms with Crippen molar-refractivity contribution in [2.75, 3.05) is 0 Å². The highest BCUT2D eigenvalue weighted by Crippen LogP contribution is 2.20. The van der Waals surface area contributed by atoms with E-state index in [1.165, 1.54) is 0 Å². The van der Waals surface area contributed by atoms with Crippen molar-refractivity contribution in [3.8, 4) is 0 Å². The van der Waals surface area contributed by atoms with E-state index in [1.807, 2.05) is 6.92 Å². The third-order valence-corrected chi connectivity index (χ3v) is 4.44. The van der Waals surface area contributed by atoms with Crippen molar-refractivity contribution in [2.45, 2.75) is 26.8 Å². The van der Waals surface area contributed by atoms with E-state index in [4.69, 9.17) is 16.7 Å². The summed E-state index contributed by atoms with van der Waals surface area (Å²) in [7, 11) is 0. The summed E-state index contributed by atoms with van der Waals surface area (Å²) in [6.07, 6.45) is 2.34. The molecule has 134 valence electrons. The first-order chi connectivity index (χ1) is 12.4. The molecule has 0 atom stereocenters. The van der Waals surface area contributed by atoms with Crippen LogP contribution in [0.15, 0.2) is 36.5 Å². The van der Waals surface area contributed by atoms with Crippen LogP contribution >= 0.6 is 11.6 Å². The minimum atomic E-state index is -0.964. The molecule has 2 heterocycles. The minimum Gasteiger partial charge on any atom is -0.478 e. The SMILES string of the molecule is CCc1nn2ccc(Cl)cc2c1C(=O)NCc1ccc(C(=O)O)c(C)c1. The lowest BCUT2D eigenvalue weighted by Gasteiger charge is -2.08. The lowest BCUT2D eigenvalue weighted by molar-refractivity contribution is 0.0695. The fraction of sp³-hybridized carbons (Fsp3) is 0.211. The average Bonchev–Trinajstić information content (AvgIpc) is 2.97. The zero-order valence-corrected chi connectivity index (χ0v) is 15.2. The fourth-order valence-electron chi connectivity index (χ4n) is 2.91. The van der Waals surface area contributed by atoms with Crippen molar-refractivity contribution in [2.24, 2.45) is 0 Å². The van der Waals surface area contributed by atoms with Crippen molar-refractivity contribution in [1.82, 2.24) is 14.9 Å². The van der Waals surface area contributed by atoms with Crippen LogP contribution in [0.5, 0.6) is 0 Å². The van der Waals surface area contributed by atoms with Gasteiger partial charge in [-0.15, -0.1) is 0 Å². The molecule has 1 aromatic carbocycles. The summed E-state index contributed by atoms with van der Waals surface area (Å²) >= 11 is 6.06. The van der Waals surface area contributed by atoms with Gasteiger partial charge in [-0.3, -0.25) is 4.79 Å². The maximum absolute atomic E-state index is 12.7. The van der Waals surface area contributed by atoms with E-state index in [2.05, 4.69) is 10.4 Å². The number of carboxylic acid groups (broad SMARTS) is 1. The molecule has 7 heteroatoms. The molecule has 3 rings (SSSR count). The predicted molar refractivity (Wildman–Crippen MR) is 98.9 cm³/mol. The molecule has 2 N–H and O–H groups in total. The second-order valence-electron chi connectivity index (χ2n) is 5.99. The van der Waals surface area contributed by atoms with Crippen LogP contribution in [-0.2, 0) is 13.0 Å². The fourth-order valence-corrected chi connectivity index (χ4v) is 3.07. The highest BCUT2D eigenvalue weighted by Gasteiger charge is 2.19. The third kappa shape index (κ3) is 3.41. The smallest absolute Gasteiger partial charge is 0.335 e.